The lowest BCUT2D eigenvalue weighted by atomic mass is 9.85. The van der Waals surface area contributed by atoms with E-state index in [1.54, 1.807) is 0 Å². The van der Waals surface area contributed by atoms with Crippen LogP contribution in [0, 0.1) is 19.8 Å². The van der Waals surface area contributed by atoms with E-state index in [2.05, 4.69) is 40.9 Å². The summed E-state index contributed by atoms with van der Waals surface area (Å²) < 4.78 is 2.01. The number of aromatic nitrogens is 2. The molecule has 5 heteroatoms. The van der Waals surface area contributed by atoms with Crippen molar-refractivity contribution in [2.45, 2.75) is 76.4 Å². The highest BCUT2D eigenvalue weighted by Gasteiger charge is 2.66. The number of likely N-dealkylation sites (tertiary alicyclic amines) is 1. The average Bonchev–Trinajstić information content (AvgIpc) is 3.52. The minimum atomic E-state index is -0.244. The molecule has 0 unspecified atom stereocenters. The van der Waals surface area contributed by atoms with E-state index in [-0.39, 0.29) is 5.54 Å². The van der Waals surface area contributed by atoms with E-state index in [1.807, 2.05) is 23.1 Å². The summed E-state index contributed by atoms with van der Waals surface area (Å²) in [6, 6.07) is 7.36. The second kappa shape index (κ2) is 6.68. The van der Waals surface area contributed by atoms with E-state index < -0.39 is 0 Å². The fraction of sp³-hybridized carbons (Fsp3) is 0.600. The predicted octanol–water partition coefficient (Wildman–Crippen LogP) is 4.17. The lowest BCUT2D eigenvalue weighted by Crippen LogP contribution is -2.51. The first-order valence-electron chi connectivity index (χ1n) is 11.8. The highest BCUT2D eigenvalue weighted by Crippen LogP contribution is 2.57. The molecule has 1 aromatic heterocycles. The van der Waals surface area contributed by atoms with Crippen molar-refractivity contribution in [3.63, 3.8) is 0 Å². The number of carbonyl (C=O) groups is 1. The Morgan fingerprint density at radius 3 is 2.73 bits per heavy atom. The molecule has 0 bridgehead atoms. The van der Waals surface area contributed by atoms with Gasteiger partial charge in [0.05, 0.1) is 5.69 Å². The molecule has 1 saturated carbocycles. The van der Waals surface area contributed by atoms with Crippen LogP contribution in [0.25, 0.3) is 5.69 Å². The summed E-state index contributed by atoms with van der Waals surface area (Å²) in [6.07, 6.45) is 12.1. The molecule has 1 spiro atoms. The largest absolute Gasteiger partial charge is 0.338 e. The second-order valence-electron chi connectivity index (χ2n) is 10.0. The van der Waals surface area contributed by atoms with Gasteiger partial charge < -0.3 is 4.90 Å². The Hall–Kier alpha value is -2.14. The van der Waals surface area contributed by atoms with Crippen LogP contribution >= 0.6 is 0 Å². The molecule has 30 heavy (non-hydrogen) atoms. The number of hydrogen-bond donors (Lipinski definition) is 0. The van der Waals surface area contributed by atoms with Gasteiger partial charge in [0, 0.05) is 36.9 Å². The van der Waals surface area contributed by atoms with Crippen LogP contribution < -0.4 is 0 Å². The van der Waals surface area contributed by atoms with E-state index in [0.717, 1.165) is 32.4 Å². The van der Waals surface area contributed by atoms with Crippen molar-refractivity contribution < 1.29 is 4.79 Å². The molecule has 1 aromatic carbocycles. The van der Waals surface area contributed by atoms with Crippen LogP contribution in [0.15, 0.2) is 30.6 Å². The van der Waals surface area contributed by atoms with E-state index in [1.165, 1.54) is 48.1 Å². The van der Waals surface area contributed by atoms with Gasteiger partial charge >= 0.3 is 0 Å². The summed E-state index contributed by atoms with van der Waals surface area (Å²) in [5.41, 5.74) is 4.91. The maximum absolute atomic E-state index is 13.9. The maximum Gasteiger partial charge on any atom is 0.243 e. The van der Waals surface area contributed by atoms with Crippen LogP contribution in [0.2, 0.25) is 0 Å². The van der Waals surface area contributed by atoms with Gasteiger partial charge in [0.1, 0.15) is 5.54 Å². The summed E-state index contributed by atoms with van der Waals surface area (Å²) in [5, 5.41) is 4.56. The molecule has 4 aliphatic rings. The summed E-state index contributed by atoms with van der Waals surface area (Å²) in [4.78, 5) is 18.8. The zero-order valence-electron chi connectivity index (χ0n) is 18.2. The van der Waals surface area contributed by atoms with Gasteiger partial charge in [-0.25, -0.2) is 4.68 Å². The number of carbonyl (C=O) groups excluding carboxylic acids is 1. The summed E-state index contributed by atoms with van der Waals surface area (Å²) >= 11 is 0. The van der Waals surface area contributed by atoms with Gasteiger partial charge in [-0.2, -0.15) is 5.10 Å². The molecule has 3 atom stereocenters. The minimum Gasteiger partial charge on any atom is -0.338 e. The predicted molar refractivity (Wildman–Crippen MR) is 117 cm³/mol. The van der Waals surface area contributed by atoms with E-state index in [0.29, 0.717) is 23.9 Å². The number of aryl methyl sites for hydroxylation is 2. The number of amides is 1. The van der Waals surface area contributed by atoms with Crippen molar-refractivity contribution in [2.75, 3.05) is 13.1 Å². The van der Waals surface area contributed by atoms with Crippen molar-refractivity contribution in [3.05, 3.63) is 47.3 Å². The van der Waals surface area contributed by atoms with Gasteiger partial charge in [0.2, 0.25) is 5.91 Å². The molecule has 2 aromatic rings. The summed E-state index contributed by atoms with van der Waals surface area (Å²) in [7, 11) is 0. The zero-order chi connectivity index (χ0) is 20.5. The van der Waals surface area contributed by atoms with Crippen LogP contribution in [-0.4, -0.2) is 50.2 Å². The molecule has 5 nitrogen and oxygen atoms in total. The fourth-order valence-corrected chi connectivity index (χ4v) is 7.32. The number of hydrogen-bond acceptors (Lipinski definition) is 3. The molecule has 6 rings (SSSR count). The normalized spacial score (nSPS) is 31.7. The van der Waals surface area contributed by atoms with Gasteiger partial charge in [-0.05, 0) is 81.3 Å². The molecule has 0 N–H and O–H groups in total. The smallest absolute Gasteiger partial charge is 0.243 e. The first kappa shape index (κ1) is 18.6. The zero-order valence-corrected chi connectivity index (χ0v) is 18.2. The SMILES string of the molecule is Cc1cc(C)c([C@@H]2C[C@H]3CN(C4CCCC4)C(=O)[C@]34CCCN24)c(-n2cccn2)c1. The highest BCUT2D eigenvalue weighted by atomic mass is 16.2. The van der Waals surface area contributed by atoms with Gasteiger partial charge in [-0.1, -0.05) is 18.9 Å². The maximum atomic E-state index is 13.9. The number of rotatable bonds is 3. The van der Waals surface area contributed by atoms with Gasteiger partial charge in [-0.15, -0.1) is 0 Å². The van der Waals surface area contributed by atoms with Crippen molar-refractivity contribution in [2.24, 2.45) is 5.92 Å². The summed E-state index contributed by atoms with van der Waals surface area (Å²) in [6.45, 7) is 6.40. The Kier molecular flexibility index (Phi) is 4.14. The summed E-state index contributed by atoms with van der Waals surface area (Å²) in [5.74, 6) is 0.911. The lowest BCUT2D eigenvalue weighted by Gasteiger charge is -2.36. The van der Waals surface area contributed by atoms with Crippen molar-refractivity contribution >= 4 is 5.91 Å². The Labute approximate surface area is 179 Å². The lowest BCUT2D eigenvalue weighted by molar-refractivity contribution is -0.138. The molecule has 4 heterocycles. The van der Waals surface area contributed by atoms with Crippen LogP contribution in [0.3, 0.4) is 0 Å². The standard InChI is InChI=1S/C25H32N4O/c1-17-13-18(2)23(22(14-17)29-12-6-10-26-29)21-15-19-16-27(20-7-3-4-8-20)24(30)25(19)9-5-11-28(21)25/h6,10,12-14,19-21H,3-5,7-9,11,15-16H2,1-2H3/t19-,21-,25-/m0/s1. The van der Waals surface area contributed by atoms with Gasteiger partial charge in [0.15, 0.2) is 0 Å². The van der Waals surface area contributed by atoms with Crippen LogP contribution in [0.1, 0.15) is 67.7 Å². The first-order chi connectivity index (χ1) is 14.6. The third-order valence-corrected chi connectivity index (χ3v) is 8.44. The molecule has 1 aliphatic carbocycles. The van der Waals surface area contributed by atoms with Crippen molar-refractivity contribution in [1.82, 2.24) is 19.6 Å². The molecule has 3 aliphatic heterocycles. The van der Waals surface area contributed by atoms with Gasteiger partial charge in [-0.3, -0.25) is 9.69 Å². The van der Waals surface area contributed by atoms with Crippen molar-refractivity contribution in [3.8, 4) is 5.69 Å². The molecule has 0 radical (unpaired) electrons. The van der Waals surface area contributed by atoms with Crippen LogP contribution in [0.5, 0.6) is 0 Å². The van der Waals surface area contributed by atoms with Crippen LogP contribution in [0.4, 0.5) is 0 Å². The second-order valence-corrected chi connectivity index (χ2v) is 10.0. The molecule has 158 valence electrons. The topological polar surface area (TPSA) is 41.4 Å². The highest BCUT2D eigenvalue weighted by molar-refractivity contribution is 5.90. The van der Waals surface area contributed by atoms with Crippen LogP contribution in [-0.2, 0) is 4.79 Å². The van der Waals surface area contributed by atoms with E-state index in [4.69, 9.17) is 0 Å². The Balaban J connectivity index is 1.41. The van der Waals surface area contributed by atoms with E-state index >= 15 is 0 Å². The average molecular weight is 405 g/mol. The Morgan fingerprint density at radius 2 is 1.97 bits per heavy atom. The third-order valence-electron chi connectivity index (χ3n) is 8.44. The molecule has 1 amide bonds. The number of benzene rings is 1. The Morgan fingerprint density at radius 1 is 1.13 bits per heavy atom. The molecular formula is C25H32N4O. The third kappa shape index (κ3) is 2.44. The molecule has 4 fully saturated rings. The monoisotopic (exact) mass is 404 g/mol. The minimum absolute atomic E-state index is 0.244. The molecular weight excluding hydrogens is 372 g/mol. The number of nitrogens with zero attached hydrogens (tertiary/aromatic N) is 4. The van der Waals surface area contributed by atoms with Crippen molar-refractivity contribution in [1.29, 1.82) is 0 Å². The quantitative estimate of drug-likeness (QED) is 0.771. The van der Waals surface area contributed by atoms with E-state index in [9.17, 15) is 4.79 Å². The first-order valence-corrected chi connectivity index (χ1v) is 11.8. The van der Waals surface area contributed by atoms with Gasteiger partial charge in [0.25, 0.3) is 0 Å². The fourth-order valence-electron chi connectivity index (χ4n) is 7.32. The molecule has 3 saturated heterocycles. The Bertz CT molecular complexity index is 977.